The van der Waals surface area contributed by atoms with E-state index in [4.69, 9.17) is 5.73 Å². The average molecular weight is 211 g/mol. The molecule has 15 heavy (non-hydrogen) atoms. The Morgan fingerprint density at radius 1 is 1.40 bits per heavy atom. The second-order valence-corrected chi connectivity index (χ2v) is 6.79. The molecule has 4 atom stereocenters. The molecule has 2 rings (SSSR count). The molecule has 2 aliphatic carbocycles. The maximum Gasteiger partial charge on any atom is 0.0659 e. The first kappa shape index (κ1) is 11.4. The first-order chi connectivity index (χ1) is 6.90. The van der Waals surface area contributed by atoms with E-state index in [1.807, 2.05) is 0 Å². The average Bonchev–Trinajstić information content (AvgIpc) is 2.74. The molecule has 0 aromatic heterocycles. The fourth-order valence-electron chi connectivity index (χ4n) is 4.05. The van der Waals surface area contributed by atoms with Crippen molar-refractivity contribution in [3.05, 3.63) is 0 Å². The highest BCUT2D eigenvalue weighted by molar-refractivity contribution is 5.06. The van der Waals surface area contributed by atoms with Gasteiger partial charge in [-0.2, -0.15) is 0 Å². The standard InChI is InChI=1S/C13H25NO/c1-12(2,3)11(15)13(8-14)7-9-4-5-10(13)6-9/h9-11,15H,4-8,14H2,1-3H3. The van der Waals surface area contributed by atoms with E-state index in [0.717, 1.165) is 12.3 Å². The normalized spacial score (nSPS) is 42.2. The van der Waals surface area contributed by atoms with Crippen LogP contribution >= 0.6 is 0 Å². The van der Waals surface area contributed by atoms with E-state index in [1.54, 1.807) is 0 Å². The molecule has 2 fully saturated rings. The molecule has 0 saturated heterocycles. The van der Waals surface area contributed by atoms with Gasteiger partial charge in [-0.3, -0.25) is 0 Å². The molecule has 2 heteroatoms. The van der Waals surface area contributed by atoms with Gasteiger partial charge >= 0.3 is 0 Å². The summed E-state index contributed by atoms with van der Waals surface area (Å²) in [4.78, 5) is 0. The van der Waals surface area contributed by atoms with Gasteiger partial charge in [-0.25, -0.2) is 0 Å². The molecular formula is C13H25NO. The lowest BCUT2D eigenvalue weighted by Gasteiger charge is -2.46. The highest BCUT2D eigenvalue weighted by Gasteiger charge is 2.56. The number of aliphatic hydroxyl groups is 1. The molecule has 0 heterocycles. The molecule has 88 valence electrons. The Bertz CT molecular complexity index is 245. The Kier molecular flexibility index (Phi) is 2.63. The number of fused-ring (bicyclic) bond motifs is 2. The summed E-state index contributed by atoms with van der Waals surface area (Å²) < 4.78 is 0. The highest BCUT2D eigenvalue weighted by Crippen LogP contribution is 2.59. The zero-order valence-electron chi connectivity index (χ0n) is 10.3. The molecule has 0 radical (unpaired) electrons. The van der Waals surface area contributed by atoms with Gasteiger partial charge < -0.3 is 10.8 Å². The lowest BCUT2D eigenvalue weighted by molar-refractivity contribution is -0.0749. The molecule has 3 N–H and O–H groups in total. The van der Waals surface area contributed by atoms with Crippen molar-refractivity contribution < 1.29 is 5.11 Å². The van der Waals surface area contributed by atoms with Gasteiger partial charge in [-0.05, 0) is 36.5 Å². The van der Waals surface area contributed by atoms with Crippen LogP contribution in [0.1, 0.15) is 46.5 Å². The van der Waals surface area contributed by atoms with Crippen molar-refractivity contribution in [1.82, 2.24) is 0 Å². The predicted molar refractivity (Wildman–Crippen MR) is 62.4 cm³/mol. The van der Waals surface area contributed by atoms with Gasteiger partial charge in [-0.1, -0.05) is 27.2 Å². The predicted octanol–water partition coefficient (Wildman–Crippen LogP) is 2.16. The maximum atomic E-state index is 10.6. The van der Waals surface area contributed by atoms with E-state index in [0.29, 0.717) is 12.5 Å². The molecule has 0 aromatic rings. The summed E-state index contributed by atoms with van der Waals surface area (Å²) in [6.07, 6.45) is 4.88. The van der Waals surface area contributed by atoms with Crippen LogP contribution in [0.25, 0.3) is 0 Å². The van der Waals surface area contributed by atoms with Crippen LogP contribution in [0.3, 0.4) is 0 Å². The quantitative estimate of drug-likeness (QED) is 0.735. The third-order valence-corrected chi connectivity index (χ3v) is 4.77. The van der Waals surface area contributed by atoms with E-state index < -0.39 is 0 Å². The van der Waals surface area contributed by atoms with Gasteiger partial charge in [0, 0.05) is 12.0 Å². The summed E-state index contributed by atoms with van der Waals surface area (Å²) in [5.74, 6) is 1.53. The Balaban J connectivity index is 2.23. The van der Waals surface area contributed by atoms with Gasteiger partial charge in [0.15, 0.2) is 0 Å². The first-order valence-corrected chi connectivity index (χ1v) is 6.28. The minimum absolute atomic E-state index is 0.0289. The maximum absolute atomic E-state index is 10.6. The number of hydrogen-bond donors (Lipinski definition) is 2. The minimum atomic E-state index is -0.245. The molecule has 0 amide bonds. The third kappa shape index (κ3) is 1.62. The zero-order chi connectivity index (χ0) is 11.3. The summed E-state index contributed by atoms with van der Waals surface area (Å²) in [6, 6.07) is 0. The monoisotopic (exact) mass is 211 g/mol. The second-order valence-electron chi connectivity index (χ2n) is 6.79. The van der Waals surface area contributed by atoms with Crippen molar-refractivity contribution in [2.45, 2.75) is 52.6 Å². The first-order valence-electron chi connectivity index (χ1n) is 6.28. The van der Waals surface area contributed by atoms with Crippen LogP contribution in [0, 0.1) is 22.7 Å². The molecular weight excluding hydrogens is 186 g/mol. The molecule has 0 aromatic carbocycles. The van der Waals surface area contributed by atoms with Crippen molar-refractivity contribution in [2.75, 3.05) is 6.54 Å². The minimum Gasteiger partial charge on any atom is -0.392 e. The van der Waals surface area contributed by atoms with Crippen LogP contribution in [0.5, 0.6) is 0 Å². The second kappa shape index (κ2) is 3.46. The van der Waals surface area contributed by atoms with Crippen LogP contribution in [-0.2, 0) is 0 Å². The molecule has 0 spiro atoms. The van der Waals surface area contributed by atoms with Crippen LogP contribution in [0.4, 0.5) is 0 Å². The van der Waals surface area contributed by atoms with E-state index >= 15 is 0 Å². The van der Waals surface area contributed by atoms with Crippen molar-refractivity contribution in [3.8, 4) is 0 Å². The SMILES string of the molecule is CC(C)(C)C(O)C1(CN)CC2CCC1C2. The third-order valence-electron chi connectivity index (χ3n) is 4.77. The van der Waals surface area contributed by atoms with Crippen LogP contribution < -0.4 is 5.73 Å². The Morgan fingerprint density at radius 2 is 2.07 bits per heavy atom. The number of hydrogen-bond acceptors (Lipinski definition) is 2. The topological polar surface area (TPSA) is 46.2 Å². The molecule has 2 saturated carbocycles. The Morgan fingerprint density at radius 3 is 2.40 bits per heavy atom. The zero-order valence-corrected chi connectivity index (χ0v) is 10.3. The van der Waals surface area contributed by atoms with Crippen LogP contribution in [-0.4, -0.2) is 17.8 Å². The Hall–Kier alpha value is -0.0800. The van der Waals surface area contributed by atoms with E-state index in [2.05, 4.69) is 20.8 Å². The van der Waals surface area contributed by atoms with Gasteiger partial charge in [0.2, 0.25) is 0 Å². The lowest BCUT2D eigenvalue weighted by Crippen LogP contribution is -2.51. The summed E-state index contributed by atoms with van der Waals surface area (Å²) in [5, 5.41) is 10.6. The van der Waals surface area contributed by atoms with Crippen molar-refractivity contribution in [2.24, 2.45) is 28.4 Å². The fourth-order valence-corrected chi connectivity index (χ4v) is 4.05. The number of rotatable bonds is 2. The van der Waals surface area contributed by atoms with E-state index in [-0.39, 0.29) is 16.9 Å². The molecule has 2 bridgehead atoms. The number of aliphatic hydroxyl groups excluding tert-OH is 1. The molecule has 4 unspecified atom stereocenters. The summed E-state index contributed by atoms with van der Waals surface area (Å²) in [6.45, 7) is 7.04. The van der Waals surface area contributed by atoms with E-state index in [1.165, 1.54) is 19.3 Å². The molecule has 0 aliphatic heterocycles. The van der Waals surface area contributed by atoms with Gasteiger partial charge in [0.1, 0.15) is 0 Å². The van der Waals surface area contributed by atoms with Crippen molar-refractivity contribution in [3.63, 3.8) is 0 Å². The fraction of sp³-hybridized carbons (Fsp3) is 1.00. The van der Waals surface area contributed by atoms with Gasteiger partial charge in [-0.15, -0.1) is 0 Å². The molecule has 2 nitrogen and oxygen atoms in total. The van der Waals surface area contributed by atoms with Crippen LogP contribution in [0.15, 0.2) is 0 Å². The largest absolute Gasteiger partial charge is 0.392 e. The summed E-state index contributed by atoms with van der Waals surface area (Å²) in [7, 11) is 0. The highest BCUT2D eigenvalue weighted by atomic mass is 16.3. The van der Waals surface area contributed by atoms with Crippen molar-refractivity contribution in [1.29, 1.82) is 0 Å². The number of nitrogens with two attached hydrogens (primary N) is 1. The van der Waals surface area contributed by atoms with E-state index in [9.17, 15) is 5.11 Å². The van der Waals surface area contributed by atoms with Crippen molar-refractivity contribution >= 4 is 0 Å². The van der Waals surface area contributed by atoms with Gasteiger partial charge in [0.05, 0.1) is 6.10 Å². The van der Waals surface area contributed by atoms with Gasteiger partial charge in [0.25, 0.3) is 0 Å². The van der Waals surface area contributed by atoms with Crippen LogP contribution in [0.2, 0.25) is 0 Å². The Labute approximate surface area is 93.2 Å². The lowest BCUT2D eigenvalue weighted by atomic mass is 9.63. The summed E-state index contributed by atoms with van der Waals surface area (Å²) >= 11 is 0. The molecule has 2 aliphatic rings. The smallest absolute Gasteiger partial charge is 0.0659 e. The summed E-state index contributed by atoms with van der Waals surface area (Å²) in [5.41, 5.74) is 5.98.